The highest BCUT2D eigenvalue weighted by atomic mass is 16.5. The fourth-order valence-electron chi connectivity index (χ4n) is 2.95. The molecule has 0 atom stereocenters. The van der Waals surface area contributed by atoms with Gasteiger partial charge in [0.1, 0.15) is 5.75 Å². The van der Waals surface area contributed by atoms with E-state index in [1.165, 1.54) is 0 Å². The summed E-state index contributed by atoms with van der Waals surface area (Å²) >= 11 is 0. The van der Waals surface area contributed by atoms with Crippen molar-refractivity contribution in [3.63, 3.8) is 0 Å². The lowest BCUT2D eigenvalue weighted by molar-refractivity contribution is 0.0740. The van der Waals surface area contributed by atoms with Crippen LogP contribution in [-0.4, -0.2) is 34.4 Å². The van der Waals surface area contributed by atoms with Crippen LogP contribution >= 0.6 is 0 Å². The first kappa shape index (κ1) is 18.6. The Kier molecular flexibility index (Phi) is 5.86. The lowest BCUT2D eigenvalue weighted by atomic mass is 10.1. The van der Waals surface area contributed by atoms with Crippen LogP contribution in [0.2, 0.25) is 0 Å². The van der Waals surface area contributed by atoms with Crippen molar-refractivity contribution in [3.05, 3.63) is 70.3 Å². The Morgan fingerprint density at radius 1 is 1.26 bits per heavy atom. The molecule has 1 aromatic carbocycles. The topological polar surface area (TPSA) is 75.3 Å². The standard InChI is InChI=1S/C21H23N3O3/c1-3-4-10-24(21(26)16-6-5-9-22-13-16)14-17-11-15-7-8-18(27-2)12-19(15)23-20(17)25/h5-9,11-13H,3-4,10,14H2,1-2H3,(H,23,25). The molecule has 0 aliphatic rings. The predicted molar refractivity (Wildman–Crippen MR) is 105 cm³/mol. The van der Waals surface area contributed by atoms with Crippen molar-refractivity contribution in [2.75, 3.05) is 13.7 Å². The molecule has 2 heterocycles. The molecule has 0 fully saturated rings. The predicted octanol–water partition coefficient (Wildman–Crippen LogP) is 3.37. The molecule has 1 amide bonds. The second kappa shape index (κ2) is 8.49. The summed E-state index contributed by atoms with van der Waals surface area (Å²) in [7, 11) is 1.59. The molecule has 0 saturated heterocycles. The van der Waals surface area contributed by atoms with Crippen molar-refractivity contribution in [1.29, 1.82) is 0 Å². The highest BCUT2D eigenvalue weighted by Crippen LogP contribution is 2.19. The number of unbranched alkanes of at least 4 members (excludes halogenated alkanes) is 1. The van der Waals surface area contributed by atoms with Gasteiger partial charge < -0.3 is 14.6 Å². The van der Waals surface area contributed by atoms with Crippen LogP contribution in [0.25, 0.3) is 10.9 Å². The molecule has 0 radical (unpaired) electrons. The fourth-order valence-corrected chi connectivity index (χ4v) is 2.95. The maximum atomic E-state index is 12.9. The van der Waals surface area contributed by atoms with Gasteiger partial charge in [0.2, 0.25) is 0 Å². The minimum Gasteiger partial charge on any atom is -0.497 e. The van der Waals surface area contributed by atoms with E-state index in [-0.39, 0.29) is 18.0 Å². The molecule has 6 heteroatoms. The number of hydrogen-bond donors (Lipinski definition) is 1. The number of nitrogens with zero attached hydrogens (tertiary/aromatic N) is 2. The quantitative estimate of drug-likeness (QED) is 0.696. The number of nitrogens with one attached hydrogen (secondary N) is 1. The van der Waals surface area contributed by atoms with E-state index in [0.29, 0.717) is 28.9 Å². The van der Waals surface area contributed by atoms with Gasteiger partial charge in [-0.1, -0.05) is 13.3 Å². The molecule has 3 rings (SSSR count). The lowest BCUT2D eigenvalue weighted by Crippen LogP contribution is -2.33. The minimum absolute atomic E-state index is 0.120. The molecule has 2 aromatic heterocycles. The van der Waals surface area contributed by atoms with Crippen molar-refractivity contribution < 1.29 is 9.53 Å². The Hall–Kier alpha value is -3.15. The van der Waals surface area contributed by atoms with Crippen LogP contribution in [-0.2, 0) is 6.54 Å². The number of methoxy groups -OCH3 is 1. The Morgan fingerprint density at radius 3 is 2.81 bits per heavy atom. The van der Waals surface area contributed by atoms with E-state index in [2.05, 4.69) is 16.9 Å². The molecule has 0 spiro atoms. The maximum absolute atomic E-state index is 12.9. The number of aromatic amines is 1. The van der Waals surface area contributed by atoms with Gasteiger partial charge in [-0.15, -0.1) is 0 Å². The minimum atomic E-state index is -0.198. The number of benzene rings is 1. The number of carbonyl (C=O) groups is 1. The third-order valence-electron chi connectivity index (χ3n) is 4.47. The van der Waals surface area contributed by atoms with Crippen molar-refractivity contribution >= 4 is 16.8 Å². The number of H-pyrrole nitrogens is 1. The van der Waals surface area contributed by atoms with Crippen molar-refractivity contribution in [3.8, 4) is 5.75 Å². The maximum Gasteiger partial charge on any atom is 0.255 e. The van der Waals surface area contributed by atoms with E-state index < -0.39 is 0 Å². The number of rotatable bonds is 7. The van der Waals surface area contributed by atoms with Crippen molar-refractivity contribution in [2.24, 2.45) is 0 Å². The SMILES string of the molecule is CCCCN(Cc1cc2ccc(OC)cc2[nH]c1=O)C(=O)c1cccnc1. The van der Waals surface area contributed by atoms with Crippen LogP contribution in [0.3, 0.4) is 0 Å². The molecule has 0 aliphatic heterocycles. The van der Waals surface area contributed by atoms with Gasteiger partial charge in [-0.25, -0.2) is 0 Å². The molecule has 1 N–H and O–H groups in total. The zero-order valence-corrected chi connectivity index (χ0v) is 15.6. The summed E-state index contributed by atoms with van der Waals surface area (Å²) in [6.45, 7) is 2.91. The number of carbonyl (C=O) groups excluding carboxylic acids is 1. The number of amides is 1. The molecular formula is C21H23N3O3. The summed E-state index contributed by atoms with van der Waals surface area (Å²) in [5.41, 5.74) is 1.59. The summed E-state index contributed by atoms with van der Waals surface area (Å²) in [5.74, 6) is 0.563. The van der Waals surface area contributed by atoms with Gasteiger partial charge in [0.25, 0.3) is 11.5 Å². The third kappa shape index (κ3) is 4.34. The second-order valence-electron chi connectivity index (χ2n) is 6.40. The van der Waals surface area contributed by atoms with Gasteiger partial charge >= 0.3 is 0 Å². The molecular weight excluding hydrogens is 342 g/mol. The monoisotopic (exact) mass is 365 g/mol. The fraction of sp³-hybridized carbons (Fsp3) is 0.286. The Balaban J connectivity index is 1.92. The van der Waals surface area contributed by atoms with Crippen LogP contribution in [0.1, 0.15) is 35.7 Å². The number of aromatic nitrogens is 2. The summed E-state index contributed by atoms with van der Waals surface area (Å²) in [6, 6.07) is 10.8. The van der Waals surface area contributed by atoms with E-state index in [0.717, 1.165) is 18.2 Å². The molecule has 140 valence electrons. The van der Waals surface area contributed by atoms with Crippen molar-refractivity contribution in [1.82, 2.24) is 14.9 Å². The van der Waals surface area contributed by atoms with E-state index in [9.17, 15) is 9.59 Å². The number of ether oxygens (including phenoxy) is 1. The van der Waals surface area contributed by atoms with Crippen LogP contribution in [0.5, 0.6) is 5.75 Å². The average Bonchev–Trinajstić information content (AvgIpc) is 2.71. The number of pyridine rings is 2. The summed E-state index contributed by atoms with van der Waals surface area (Å²) in [5, 5.41) is 0.898. The Bertz CT molecular complexity index is 983. The zero-order chi connectivity index (χ0) is 19.2. The van der Waals surface area contributed by atoms with Gasteiger partial charge in [-0.3, -0.25) is 14.6 Å². The van der Waals surface area contributed by atoms with Crippen LogP contribution in [0.4, 0.5) is 0 Å². The number of hydrogen-bond acceptors (Lipinski definition) is 4. The molecule has 0 bridgehead atoms. The number of fused-ring (bicyclic) bond motifs is 1. The average molecular weight is 365 g/mol. The second-order valence-corrected chi connectivity index (χ2v) is 6.40. The molecule has 0 aliphatic carbocycles. The lowest BCUT2D eigenvalue weighted by Gasteiger charge is -2.22. The molecule has 0 unspecified atom stereocenters. The largest absolute Gasteiger partial charge is 0.497 e. The third-order valence-corrected chi connectivity index (χ3v) is 4.47. The smallest absolute Gasteiger partial charge is 0.255 e. The normalized spacial score (nSPS) is 10.7. The zero-order valence-electron chi connectivity index (χ0n) is 15.6. The Labute approximate surface area is 157 Å². The van der Waals surface area contributed by atoms with Gasteiger partial charge in [0.05, 0.1) is 24.7 Å². The van der Waals surface area contributed by atoms with Crippen LogP contribution < -0.4 is 10.3 Å². The van der Waals surface area contributed by atoms with E-state index in [4.69, 9.17) is 4.74 Å². The van der Waals surface area contributed by atoms with Gasteiger partial charge in [-0.05, 0) is 42.1 Å². The van der Waals surface area contributed by atoms with Gasteiger partial charge in [-0.2, -0.15) is 0 Å². The first-order chi connectivity index (χ1) is 13.1. The Morgan fingerprint density at radius 2 is 2.11 bits per heavy atom. The van der Waals surface area contributed by atoms with Crippen LogP contribution in [0, 0.1) is 0 Å². The highest BCUT2D eigenvalue weighted by Gasteiger charge is 2.17. The molecule has 0 saturated carbocycles. The molecule has 6 nitrogen and oxygen atoms in total. The summed E-state index contributed by atoms with van der Waals surface area (Å²) in [4.78, 5) is 34.0. The van der Waals surface area contributed by atoms with E-state index in [1.807, 2.05) is 18.2 Å². The van der Waals surface area contributed by atoms with E-state index in [1.54, 1.807) is 42.6 Å². The first-order valence-electron chi connectivity index (χ1n) is 9.01. The molecule has 27 heavy (non-hydrogen) atoms. The van der Waals surface area contributed by atoms with Gasteiger partial charge in [0.15, 0.2) is 0 Å². The molecule has 3 aromatic rings. The summed E-state index contributed by atoms with van der Waals surface area (Å²) < 4.78 is 5.20. The van der Waals surface area contributed by atoms with Crippen molar-refractivity contribution in [2.45, 2.75) is 26.3 Å². The summed E-state index contributed by atoms with van der Waals surface area (Å²) in [6.07, 6.45) is 5.02. The van der Waals surface area contributed by atoms with Gasteiger partial charge in [0, 0.05) is 30.6 Å². The van der Waals surface area contributed by atoms with Crippen LogP contribution in [0.15, 0.2) is 53.6 Å². The highest BCUT2D eigenvalue weighted by molar-refractivity contribution is 5.93. The van der Waals surface area contributed by atoms with E-state index >= 15 is 0 Å². The first-order valence-corrected chi connectivity index (χ1v) is 9.01.